The number of sulfonamides is 1. The van der Waals surface area contributed by atoms with Crippen molar-refractivity contribution in [1.82, 2.24) is 24.3 Å². The van der Waals surface area contributed by atoms with Crippen LogP contribution in [0, 0.1) is 5.82 Å². The molecule has 1 aromatic carbocycles. The Morgan fingerprint density at radius 1 is 1.26 bits per heavy atom. The van der Waals surface area contributed by atoms with E-state index < -0.39 is 27.1 Å². The molecule has 0 atom stereocenters. The molecule has 13 heteroatoms. The highest BCUT2D eigenvalue weighted by atomic mass is 35.5. The van der Waals surface area contributed by atoms with Crippen LogP contribution in [-0.4, -0.2) is 48.3 Å². The number of hydrogen-bond acceptors (Lipinski definition) is 8. The molecular weight excluding hydrogens is 405 g/mol. The Kier molecular flexibility index (Phi) is 4.85. The molecule has 27 heavy (non-hydrogen) atoms. The van der Waals surface area contributed by atoms with E-state index in [1.807, 2.05) is 0 Å². The highest BCUT2D eigenvalue weighted by molar-refractivity contribution is 7.89. The van der Waals surface area contributed by atoms with E-state index in [2.05, 4.69) is 19.8 Å². The van der Waals surface area contributed by atoms with Crippen molar-refractivity contribution in [2.24, 2.45) is 0 Å². The number of rotatable bonds is 4. The Morgan fingerprint density at radius 3 is 2.59 bits per heavy atom. The molecule has 0 aliphatic rings. The van der Waals surface area contributed by atoms with Gasteiger partial charge >= 0.3 is 22.1 Å². The van der Waals surface area contributed by atoms with Crippen LogP contribution >= 0.6 is 11.6 Å². The maximum atomic E-state index is 14.3. The van der Waals surface area contributed by atoms with Gasteiger partial charge < -0.3 is 9.47 Å². The van der Waals surface area contributed by atoms with Gasteiger partial charge in [-0.1, -0.05) is 29.8 Å². The second-order valence-electron chi connectivity index (χ2n) is 4.97. The number of amides is 1. The second kappa shape index (κ2) is 6.96. The van der Waals surface area contributed by atoms with Crippen LogP contribution in [0.3, 0.4) is 0 Å². The lowest BCUT2D eigenvalue weighted by Gasteiger charge is -2.08. The SMILES string of the molecule is COC(=O)NS(=O)(=O)c1nc2c(-c3ccccc3F)c(Cl)nc(OC)n2n1. The van der Waals surface area contributed by atoms with Gasteiger partial charge in [0.15, 0.2) is 5.65 Å². The minimum absolute atomic E-state index is 0.00239. The lowest BCUT2D eigenvalue weighted by atomic mass is 10.1. The van der Waals surface area contributed by atoms with Crippen molar-refractivity contribution in [1.29, 1.82) is 0 Å². The maximum absolute atomic E-state index is 14.3. The minimum atomic E-state index is -4.47. The summed E-state index contributed by atoms with van der Waals surface area (Å²) in [5, 5.41) is 2.81. The van der Waals surface area contributed by atoms with E-state index in [0.29, 0.717) is 0 Å². The minimum Gasteiger partial charge on any atom is -0.467 e. The third-order valence-corrected chi connectivity index (χ3v) is 4.72. The summed E-state index contributed by atoms with van der Waals surface area (Å²) < 4.78 is 50.6. The molecule has 0 aliphatic heterocycles. The summed E-state index contributed by atoms with van der Waals surface area (Å²) in [6.07, 6.45) is -1.23. The van der Waals surface area contributed by atoms with Gasteiger partial charge in [0, 0.05) is 5.56 Å². The fraction of sp³-hybridized carbons (Fsp3) is 0.143. The van der Waals surface area contributed by atoms with Gasteiger partial charge in [-0.3, -0.25) is 0 Å². The number of carbonyl (C=O) groups is 1. The van der Waals surface area contributed by atoms with E-state index in [4.69, 9.17) is 16.3 Å². The predicted molar refractivity (Wildman–Crippen MR) is 90.5 cm³/mol. The van der Waals surface area contributed by atoms with Gasteiger partial charge in [0.05, 0.1) is 19.8 Å². The number of hydrogen-bond donors (Lipinski definition) is 1. The third-order valence-electron chi connectivity index (χ3n) is 3.36. The average Bonchev–Trinajstić information content (AvgIpc) is 3.07. The quantitative estimate of drug-likeness (QED) is 0.637. The smallest absolute Gasteiger partial charge is 0.420 e. The van der Waals surface area contributed by atoms with Gasteiger partial charge in [0.25, 0.3) is 5.16 Å². The fourth-order valence-corrected chi connectivity index (χ4v) is 3.25. The molecule has 0 spiro atoms. The summed E-state index contributed by atoms with van der Waals surface area (Å²) in [7, 11) is -2.22. The molecule has 10 nitrogen and oxygen atoms in total. The number of carbonyl (C=O) groups excluding carboxylic acids is 1. The van der Waals surface area contributed by atoms with Crippen molar-refractivity contribution in [2.75, 3.05) is 14.2 Å². The molecule has 1 amide bonds. The molecular formula is C14H11ClFN5O5S. The maximum Gasteiger partial charge on any atom is 0.420 e. The number of benzene rings is 1. The molecule has 0 saturated carbocycles. The summed E-state index contributed by atoms with van der Waals surface area (Å²) in [5.74, 6) is -0.631. The molecule has 0 aliphatic carbocycles. The van der Waals surface area contributed by atoms with Crippen LogP contribution in [0.4, 0.5) is 9.18 Å². The van der Waals surface area contributed by atoms with Crippen LogP contribution in [-0.2, 0) is 14.8 Å². The van der Waals surface area contributed by atoms with E-state index in [0.717, 1.165) is 11.6 Å². The number of methoxy groups -OCH3 is 2. The highest BCUT2D eigenvalue weighted by Gasteiger charge is 2.28. The first kappa shape index (κ1) is 18.8. The third kappa shape index (κ3) is 3.36. The summed E-state index contributed by atoms with van der Waals surface area (Å²) in [4.78, 5) is 19.1. The van der Waals surface area contributed by atoms with Crippen molar-refractivity contribution >= 4 is 33.4 Å². The molecule has 0 radical (unpaired) electrons. The van der Waals surface area contributed by atoms with Gasteiger partial charge in [-0.25, -0.2) is 13.9 Å². The van der Waals surface area contributed by atoms with Crippen LogP contribution in [0.25, 0.3) is 16.8 Å². The second-order valence-corrected chi connectivity index (χ2v) is 6.91. The van der Waals surface area contributed by atoms with Crippen molar-refractivity contribution < 1.29 is 27.1 Å². The zero-order chi connectivity index (χ0) is 19.8. The summed E-state index contributed by atoms with van der Waals surface area (Å²) in [5.41, 5.74) is -0.107. The van der Waals surface area contributed by atoms with Crippen molar-refractivity contribution in [3.05, 3.63) is 35.2 Å². The van der Waals surface area contributed by atoms with Crippen LogP contribution in [0.1, 0.15) is 0 Å². The number of nitrogens with zero attached hydrogens (tertiary/aromatic N) is 4. The van der Waals surface area contributed by atoms with E-state index in [1.165, 1.54) is 25.3 Å². The van der Waals surface area contributed by atoms with Gasteiger partial charge in [-0.15, -0.1) is 5.10 Å². The molecule has 142 valence electrons. The number of nitrogens with one attached hydrogen (secondary N) is 1. The summed E-state index contributed by atoms with van der Waals surface area (Å²) in [6, 6.07) is 5.45. The van der Waals surface area contributed by atoms with E-state index in [9.17, 15) is 17.6 Å². The van der Waals surface area contributed by atoms with Gasteiger partial charge in [-0.05, 0) is 6.07 Å². The molecule has 3 aromatic rings. The number of fused-ring (bicyclic) bond motifs is 1. The monoisotopic (exact) mass is 415 g/mol. The Labute approximate surface area is 156 Å². The zero-order valence-electron chi connectivity index (χ0n) is 13.8. The zero-order valence-corrected chi connectivity index (χ0v) is 15.4. The Balaban J connectivity index is 2.30. The number of aromatic nitrogens is 4. The van der Waals surface area contributed by atoms with Gasteiger partial charge in [0.1, 0.15) is 11.0 Å². The lowest BCUT2D eigenvalue weighted by molar-refractivity contribution is 0.177. The molecule has 2 heterocycles. The molecule has 0 bridgehead atoms. The fourth-order valence-electron chi connectivity index (χ4n) is 2.21. The topological polar surface area (TPSA) is 125 Å². The van der Waals surface area contributed by atoms with Crippen LogP contribution in [0.2, 0.25) is 5.15 Å². The largest absolute Gasteiger partial charge is 0.467 e. The molecule has 2 aromatic heterocycles. The average molecular weight is 416 g/mol. The van der Waals surface area contributed by atoms with Crippen LogP contribution in [0.15, 0.2) is 29.4 Å². The van der Waals surface area contributed by atoms with Crippen molar-refractivity contribution in [2.45, 2.75) is 5.16 Å². The first-order valence-corrected chi connectivity index (χ1v) is 9.00. The van der Waals surface area contributed by atoms with E-state index in [-0.39, 0.29) is 27.9 Å². The van der Waals surface area contributed by atoms with Crippen molar-refractivity contribution in [3.8, 4) is 17.1 Å². The van der Waals surface area contributed by atoms with E-state index >= 15 is 0 Å². The number of ether oxygens (including phenoxy) is 2. The molecule has 0 saturated heterocycles. The molecule has 1 N–H and O–H groups in total. The summed E-state index contributed by atoms with van der Waals surface area (Å²) >= 11 is 6.15. The van der Waals surface area contributed by atoms with Crippen LogP contribution in [0.5, 0.6) is 6.01 Å². The standard InChI is InChI=1S/C14H11ClFN5O5S/c1-25-13-17-10(15)9(7-5-3-4-6-8(7)16)11-18-12(19-21(11)13)27(23,24)20-14(22)26-2/h3-6H,1-2H3,(H,20,22). The highest BCUT2D eigenvalue weighted by Crippen LogP contribution is 2.34. The first-order valence-electron chi connectivity index (χ1n) is 7.14. The molecule has 3 rings (SSSR count). The first-order chi connectivity index (χ1) is 12.8. The van der Waals surface area contributed by atoms with Crippen molar-refractivity contribution in [3.63, 3.8) is 0 Å². The normalized spacial score (nSPS) is 11.4. The van der Waals surface area contributed by atoms with Gasteiger partial charge in [-0.2, -0.15) is 22.9 Å². The molecule has 0 fully saturated rings. The Hall–Kier alpha value is -2.99. The predicted octanol–water partition coefficient (Wildman–Crippen LogP) is 1.64. The van der Waals surface area contributed by atoms with Crippen LogP contribution < -0.4 is 9.46 Å². The van der Waals surface area contributed by atoms with Gasteiger partial charge in [0.2, 0.25) is 0 Å². The molecule has 0 unspecified atom stereocenters. The Morgan fingerprint density at radius 2 is 1.96 bits per heavy atom. The van der Waals surface area contributed by atoms with E-state index in [1.54, 1.807) is 10.8 Å². The summed E-state index contributed by atoms with van der Waals surface area (Å²) in [6.45, 7) is 0. The Bertz CT molecular complexity index is 1150. The number of halogens is 2. The lowest BCUT2D eigenvalue weighted by Crippen LogP contribution is -2.31.